The van der Waals surface area contributed by atoms with E-state index in [0.717, 1.165) is 0 Å². The lowest BCUT2D eigenvalue weighted by atomic mass is 10.2. The van der Waals surface area contributed by atoms with E-state index in [9.17, 15) is 4.39 Å². The molecule has 0 amide bonds. The number of rotatable bonds is 0. The number of nitrogens with one attached hydrogen (secondary N) is 1. The van der Waals surface area contributed by atoms with E-state index in [2.05, 4.69) is 32.0 Å². The normalized spacial score (nSPS) is 11.5. The maximum Gasteiger partial charge on any atom is 0.143 e. The number of aromatic nitrogens is 2. The molecule has 2 aromatic heterocycles. The third-order valence-electron chi connectivity index (χ3n) is 2.49. The average Bonchev–Trinajstić information content (AvgIpc) is 2.69. The molecule has 1 N–H and O–H groups in total. The SMILES string of the molecule is Fc1c[c]c2[nH]c3ncc(Br)c(Cl)c3c2c1Cl. The van der Waals surface area contributed by atoms with Crippen molar-refractivity contribution in [2.45, 2.75) is 0 Å². The Bertz CT molecular complexity index is 692. The Morgan fingerprint density at radius 2 is 2.06 bits per heavy atom. The van der Waals surface area contributed by atoms with Gasteiger partial charge in [-0.15, -0.1) is 0 Å². The van der Waals surface area contributed by atoms with E-state index in [1.54, 1.807) is 6.20 Å². The van der Waals surface area contributed by atoms with Gasteiger partial charge in [-0.25, -0.2) is 9.37 Å². The van der Waals surface area contributed by atoms with E-state index in [1.165, 1.54) is 6.07 Å². The number of fused-ring (bicyclic) bond motifs is 3. The molecule has 0 bridgehead atoms. The van der Waals surface area contributed by atoms with Crippen molar-refractivity contribution in [1.29, 1.82) is 0 Å². The van der Waals surface area contributed by atoms with E-state index in [0.29, 0.717) is 31.4 Å². The molecule has 1 aromatic carbocycles. The van der Waals surface area contributed by atoms with Gasteiger partial charge in [0, 0.05) is 23.0 Å². The standard InChI is InChI=1S/C11H3BrCl2FN2/c12-4-3-16-11-8(9(4)13)7-6(17-11)2-1-5(15)10(7)14/h1,3H,(H,16,17). The summed E-state index contributed by atoms with van der Waals surface area (Å²) < 4.78 is 14.1. The summed E-state index contributed by atoms with van der Waals surface area (Å²) in [4.78, 5) is 7.15. The lowest BCUT2D eigenvalue weighted by Gasteiger charge is -1.99. The monoisotopic (exact) mass is 331 g/mol. The summed E-state index contributed by atoms with van der Waals surface area (Å²) in [6.45, 7) is 0. The van der Waals surface area contributed by atoms with Crippen LogP contribution in [0.3, 0.4) is 0 Å². The number of hydrogen-bond donors (Lipinski definition) is 1. The van der Waals surface area contributed by atoms with E-state index in [4.69, 9.17) is 23.2 Å². The van der Waals surface area contributed by atoms with Crippen LogP contribution in [0.4, 0.5) is 4.39 Å². The number of H-pyrrole nitrogens is 1. The van der Waals surface area contributed by atoms with E-state index >= 15 is 0 Å². The summed E-state index contributed by atoms with van der Waals surface area (Å²) in [5.74, 6) is -0.531. The Labute approximate surface area is 114 Å². The lowest BCUT2D eigenvalue weighted by Crippen LogP contribution is -1.80. The summed E-state index contributed by atoms with van der Waals surface area (Å²) in [7, 11) is 0. The summed E-state index contributed by atoms with van der Waals surface area (Å²) in [6.07, 6.45) is 1.57. The van der Waals surface area contributed by atoms with E-state index in [1.807, 2.05) is 0 Å². The highest BCUT2D eigenvalue weighted by Gasteiger charge is 2.16. The second-order valence-electron chi connectivity index (χ2n) is 3.47. The summed E-state index contributed by atoms with van der Waals surface area (Å²) >= 11 is 15.4. The molecule has 0 aliphatic carbocycles. The summed E-state index contributed by atoms with van der Waals surface area (Å²) in [5, 5.41) is 1.56. The van der Waals surface area contributed by atoms with Crippen molar-refractivity contribution in [2.75, 3.05) is 0 Å². The summed E-state index contributed by atoms with van der Waals surface area (Å²) in [5.41, 5.74) is 1.14. The van der Waals surface area contributed by atoms with Crippen molar-refractivity contribution < 1.29 is 4.39 Å². The quantitative estimate of drug-likeness (QED) is 0.633. The van der Waals surface area contributed by atoms with Crippen LogP contribution < -0.4 is 0 Å². The molecule has 0 unspecified atom stereocenters. The first-order valence-corrected chi connectivity index (χ1v) is 6.15. The molecule has 0 atom stereocenters. The third-order valence-corrected chi connectivity index (χ3v) is 4.08. The number of hydrogen-bond acceptors (Lipinski definition) is 1. The van der Waals surface area contributed by atoms with Gasteiger partial charge in [-0.3, -0.25) is 0 Å². The molecule has 17 heavy (non-hydrogen) atoms. The van der Waals surface area contributed by atoms with Gasteiger partial charge in [0.05, 0.1) is 20.0 Å². The highest BCUT2D eigenvalue weighted by Crippen LogP contribution is 2.38. The first-order chi connectivity index (χ1) is 8.09. The smallest absolute Gasteiger partial charge is 0.143 e. The first kappa shape index (κ1) is 11.3. The predicted molar refractivity (Wildman–Crippen MR) is 70.1 cm³/mol. The zero-order valence-electron chi connectivity index (χ0n) is 8.11. The van der Waals surface area contributed by atoms with E-state index < -0.39 is 5.82 Å². The minimum atomic E-state index is -0.531. The van der Waals surface area contributed by atoms with Crippen LogP contribution in [0.15, 0.2) is 16.7 Å². The Morgan fingerprint density at radius 1 is 1.29 bits per heavy atom. The average molecular weight is 333 g/mol. The molecule has 85 valence electrons. The second-order valence-corrected chi connectivity index (χ2v) is 5.08. The molecule has 0 aliphatic rings. The fraction of sp³-hybridized carbons (Fsp3) is 0. The zero-order chi connectivity index (χ0) is 12.2. The molecule has 2 nitrogen and oxygen atoms in total. The Kier molecular flexibility index (Phi) is 2.54. The van der Waals surface area contributed by atoms with Gasteiger partial charge >= 0.3 is 0 Å². The van der Waals surface area contributed by atoms with Crippen molar-refractivity contribution in [3.05, 3.63) is 38.7 Å². The Hall–Kier alpha value is -0.840. The minimum absolute atomic E-state index is 0.0202. The number of pyridine rings is 1. The van der Waals surface area contributed by atoms with Crippen LogP contribution in [0.1, 0.15) is 0 Å². The van der Waals surface area contributed by atoms with E-state index in [-0.39, 0.29) is 5.02 Å². The summed E-state index contributed by atoms with van der Waals surface area (Å²) in [6, 6.07) is 3.95. The zero-order valence-corrected chi connectivity index (χ0v) is 11.2. The highest BCUT2D eigenvalue weighted by atomic mass is 79.9. The van der Waals surface area contributed by atoms with Gasteiger partial charge in [0.25, 0.3) is 0 Å². The van der Waals surface area contributed by atoms with Crippen LogP contribution in [-0.2, 0) is 0 Å². The van der Waals surface area contributed by atoms with Gasteiger partial charge in [0.15, 0.2) is 0 Å². The van der Waals surface area contributed by atoms with Gasteiger partial charge in [-0.2, -0.15) is 0 Å². The van der Waals surface area contributed by atoms with Crippen LogP contribution >= 0.6 is 39.1 Å². The van der Waals surface area contributed by atoms with Crippen molar-refractivity contribution in [2.24, 2.45) is 0 Å². The van der Waals surface area contributed by atoms with Crippen LogP contribution in [-0.4, -0.2) is 9.97 Å². The minimum Gasteiger partial charge on any atom is -0.339 e. The predicted octanol–water partition coefficient (Wildman–Crippen LogP) is 4.72. The molecular formula is C11H3BrCl2FN2. The molecule has 0 saturated carbocycles. The number of halogens is 4. The number of nitrogens with zero attached hydrogens (tertiary/aromatic N) is 1. The fourth-order valence-corrected chi connectivity index (χ4v) is 2.52. The number of benzene rings is 1. The van der Waals surface area contributed by atoms with Gasteiger partial charge in [-0.1, -0.05) is 23.2 Å². The van der Waals surface area contributed by atoms with Gasteiger partial charge in [0.1, 0.15) is 11.5 Å². The van der Waals surface area contributed by atoms with Crippen LogP contribution in [0.25, 0.3) is 21.9 Å². The van der Waals surface area contributed by atoms with Crippen molar-refractivity contribution in [3.63, 3.8) is 0 Å². The van der Waals surface area contributed by atoms with Crippen molar-refractivity contribution in [3.8, 4) is 0 Å². The molecule has 0 fully saturated rings. The first-order valence-electron chi connectivity index (χ1n) is 4.60. The highest BCUT2D eigenvalue weighted by molar-refractivity contribution is 9.10. The van der Waals surface area contributed by atoms with Crippen LogP contribution in [0.2, 0.25) is 10.0 Å². The largest absolute Gasteiger partial charge is 0.339 e. The maximum atomic E-state index is 13.4. The van der Waals surface area contributed by atoms with Crippen molar-refractivity contribution in [1.82, 2.24) is 9.97 Å². The van der Waals surface area contributed by atoms with Gasteiger partial charge in [0.2, 0.25) is 0 Å². The molecular weight excluding hydrogens is 330 g/mol. The molecule has 3 rings (SSSR count). The second kappa shape index (κ2) is 3.83. The van der Waals surface area contributed by atoms with Crippen molar-refractivity contribution >= 4 is 61.1 Å². The number of aromatic amines is 1. The lowest BCUT2D eigenvalue weighted by molar-refractivity contribution is 0.630. The molecule has 1 radical (unpaired) electrons. The van der Waals surface area contributed by atoms with Gasteiger partial charge < -0.3 is 4.98 Å². The molecule has 3 aromatic rings. The molecule has 2 heterocycles. The van der Waals surface area contributed by atoms with Crippen LogP contribution in [0.5, 0.6) is 0 Å². The molecule has 6 heteroatoms. The van der Waals surface area contributed by atoms with Gasteiger partial charge in [-0.05, 0) is 22.0 Å². The maximum absolute atomic E-state index is 13.4. The fourth-order valence-electron chi connectivity index (χ4n) is 1.74. The third kappa shape index (κ3) is 1.55. The molecule has 0 saturated heterocycles. The Balaban J connectivity index is 2.65. The molecule has 0 aliphatic heterocycles. The Morgan fingerprint density at radius 3 is 2.82 bits per heavy atom. The van der Waals surface area contributed by atoms with Crippen LogP contribution in [0, 0.1) is 11.9 Å². The molecule has 0 spiro atoms. The topological polar surface area (TPSA) is 28.7 Å².